The second-order valence-corrected chi connectivity index (χ2v) is 10.1. The Morgan fingerprint density at radius 2 is 1.88 bits per heavy atom. The van der Waals surface area contributed by atoms with Crippen LogP contribution in [-0.4, -0.2) is 12.4 Å². The van der Waals surface area contributed by atoms with Crippen LogP contribution >= 0.6 is 0 Å². The summed E-state index contributed by atoms with van der Waals surface area (Å²) in [5.41, 5.74) is 1.58. The third-order valence-electron chi connectivity index (χ3n) is 8.32. The molecule has 0 heterocycles. The summed E-state index contributed by atoms with van der Waals surface area (Å²) >= 11 is 0. The van der Waals surface area contributed by atoms with Crippen LogP contribution in [0.15, 0.2) is 23.5 Å². The summed E-state index contributed by atoms with van der Waals surface area (Å²) in [5.74, 6) is 3.68. The van der Waals surface area contributed by atoms with Crippen LogP contribution < -0.4 is 0 Å². The molecule has 0 N–H and O–H groups in total. The van der Waals surface area contributed by atoms with Crippen LogP contribution in [-0.2, 0) is 9.53 Å². The van der Waals surface area contributed by atoms with E-state index in [4.69, 9.17) is 4.74 Å². The minimum Gasteiger partial charge on any atom is -0.498 e. The van der Waals surface area contributed by atoms with Crippen LogP contribution in [0.5, 0.6) is 0 Å². The second kappa shape index (κ2) is 5.47. The Morgan fingerprint density at radius 1 is 1.12 bits per heavy atom. The zero-order chi connectivity index (χ0) is 18.0. The van der Waals surface area contributed by atoms with Crippen molar-refractivity contribution in [2.24, 2.45) is 34.0 Å². The Morgan fingerprint density at radius 3 is 2.60 bits per heavy atom. The van der Waals surface area contributed by atoms with Gasteiger partial charge in [-0.1, -0.05) is 33.8 Å². The van der Waals surface area contributed by atoms with Crippen LogP contribution in [0.2, 0.25) is 0 Å². The molecule has 0 aliphatic heterocycles. The maximum atomic E-state index is 13.1. The molecule has 5 atom stereocenters. The fraction of sp³-hybridized carbons (Fsp3) is 0.783. The Labute approximate surface area is 153 Å². The first-order chi connectivity index (χ1) is 11.7. The number of rotatable bonds is 2. The van der Waals surface area contributed by atoms with Gasteiger partial charge in [-0.05, 0) is 73.8 Å². The molecule has 0 aromatic carbocycles. The Balaban J connectivity index is 1.69. The molecule has 0 radical (unpaired) electrons. The van der Waals surface area contributed by atoms with Gasteiger partial charge in [0.1, 0.15) is 5.78 Å². The summed E-state index contributed by atoms with van der Waals surface area (Å²) in [5, 5.41) is 0. The van der Waals surface area contributed by atoms with Gasteiger partial charge in [-0.3, -0.25) is 4.79 Å². The quantitative estimate of drug-likeness (QED) is 0.645. The van der Waals surface area contributed by atoms with Crippen LogP contribution in [0.4, 0.5) is 0 Å². The highest BCUT2D eigenvalue weighted by molar-refractivity contribution is 5.92. The van der Waals surface area contributed by atoms with Crippen LogP contribution in [0.25, 0.3) is 0 Å². The van der Waals surface area contributed by atoms with Crippen molar-refractivity contribution in [3.63, 3.8) is 0 Å². The van der Waals surface area contributed by atoms with E-state index < -0.39 is 0 Å². The molecular formula is C23H34O2. The van der Waals surface area contributed by atoms with Gasteiger partial charge in [0.15, 0.2) is 0 Å². The lowest BCUT2D eigenvalue weighted by molar-refractivity contribution is -0.136. The lowest BCUT2D eigenvalue weighted by Gasteiger charge is -2.55. The fourth-order valence-corrected chi connectivity index (χ4v) is 6.99. The number of fused-ring (bicyclic) bond motifs is 5. The van der Waals surface area contributed by atoms with E-state index in [1.807, 2.05) is 0 Å². The number of ether oxygens (including phenoxy) is 1. The average Bonchev–Trinajstić information content (AvgIpc) is 2.75. The molecule has 4 aliphatic carbocycles. The van der Waals surface area contributed by atoms with Crippen molar-refractivity contribution in [3.8, 4) is 0 Å². The van der Waals surface area contributed by atoms with Gasteiger partial charge in [0.25, 0.3) is 0 Å². The number of hydrogen-bond acceptors (Lipinski definition) is 2. The molecule has 2 saturated carbocycles. The van der Waals surface area contributed by atoms with E-state index in [-0.39, 0.29) is 16.2 Å². The molecule has 2 nitrogen and oxygen atoms in total. The van der Waals surface area contributed by atoms with Gasteiger partial charge in [0.2, 0.25) is 0 Å². The number of Topliss-reactive ketones (excluding diaryl/α,β-unsaturated/α-hetero) is 1. The Bertz CT molecular complexity index is 655. The minimum absolute atomic E-state index is 0.0760. The number of allylic oxidation sites excluding steroid dienone is 4. The van der Waals surface area contributed by atoms with E-state index in [2.05, 4.69) is 46.8 Å². The predicted octanol–water partition coefficient (Wildman–Crippen LogP) is 5.68. The second-order valence-electron chi connectivity index (χ2n) is 10.1. The van der Waals surface area contributed by atoms with Crippen molar-refractivity contribution >= 4 is 5.78 Å². The van der Waals surface area contributed by atoms with Crippen molar-refractivity contribution in [1.29, 1.82) is 0 Å². The molecule has 0 amide bonds. The van der Waals surface area contributed by atoms with E-state index in [0.717, 1.165) is 38.2 Å². The number of carbonyl (C=O) groups excluding carboxylic acids is 1. The number of carbonyl (C=O) groups is 1. The summed E-state index contributed by atoms with van der Waals surface area (Å²) in [4.78, 5) is 13.1. The Hall–Kier alpha value is -1.05. The lowest BCUT2D eigenvalue weighted by atomic mass is 9.49. The molecule has 0 spiro atoms. The molecule has 4 rings (SSSR count). The zero-order valence-corrected chi connectivity index (χ0v) is 16.7. The van der Waals surface area contributed by atoms with E-state index >= 15 is 0 Å². The standard InChI is InChI=1S/C23H34O2/c1-6-25-16-9-11-22(4)15(13-16)7-8-17-18(22)10-12-23(5)19(17)14-21(2,3)20(23)24/h7,13,17-19H,6,8-12,14H2,1-5H3/t17-,18+,19+,22+,23+/m1/s1. The zero-order valence-electron chi connectivity index (χ0n) is 16.7. The van der Waals surface area contributed by atoms with Crippen LogP contribution in [0.1, 0.15) is 73.1 Å². The lowest BCUT2D eigenvalue weighted by Crippen LogP contribution is -2.49. The van der Waals surface area contributed by atoms with Crippen molar-refractivity contribution in [2.45, 2.75) is 73.1 Å². The van der Waals surface area contributed by atoms with Crippen LogP contribution in [0.3, 0.4) is 0 Å². The van der Waals surface area contributed by atoms with Crippen molar-refractivity contribution < 1.29 is 9.53 Å². The predicted molar refractivity (Wildman–Crippen MR) is 101 cm³/mol. The van der Waals surface area contributed by atoms with Gasteiger partial charge < -0.3 is 4.74 Å². The molecular weight excluding hydrogens is 308 g/mol. The summed E-state index contributed by atoms with van der Waals surface area (Å²) < 4.78 is 5.82. The highest BCUT2D eigenvalue weighted by Gasteiger charge is 2.62. The molecule has 4 aliphatic rings. The average molecular weight is 343 g/mol. The first-order valence-electron chi connectivity index (χ1n) is 10.3. The molecule has 0 aromatic rings. The maximum absolute atomic E-state index is 13.1. The molecule has 138 valence electrons. The van der Waals surface area contributed by atoms with Crippen molar-refractivity contribution in [2.75, 3.05) is 6.61 Å². The summed E-state index contributed by atoms with van der Waals surface area (Å²) in [7, 11) is 0. The van der Waals surface area contributed by atoms with E-state index in [1.54, 1.807) is 0 Å². The largest absolute Gasteiger partial charge is 0.498 e. The molecule has 2 heteroatoms. The summed E-state index contributed by atoms with van der Waals surface area (Å²) in [6, 6.07) is 0. The highest BCUT2D eigenvalue weighted by atomic mass is 16.5. The third-order valence-corrected chi connectivity index (χ3v) is 8.32. The Kier molecular flexibility index (Phi) is 3.80. The molecule has 25 heavy (non-hydrogen) atoms. The summed E-state index contributed by atoms with van der Waals surface area (Å²) in [6.45, 7) is 12.0. The molecule has 0 unspecified atom stereocenters. The molecule has 0 bridgehead atoms. The van der Waals surface area contributed by atoms with Gasteiger partial charge in [0.05, 0.1) is 12.4 Å². The summed E-state index contributed by atoms with van der Waals surface area (Å²) in [6.07, 6.45) is 11.6. The van der Waals surface area contributed by atoms with Gasteiger partial charge in [0, 0.05) is 17.3 Å². The first kappa shape index (κ1) is 17.4. The van der Waals surface area contributed by atoms with Gasteiger partial charge >= 0.3 is 0 Å². The normalized spacial score (nSPS) is 45.0. The van der Waals surface area contributed by atoms with Gasteiger partial charge in [-0.25, -0.2) is 0 Å². The van der Waals surface area contributed by atoms with Crippen molar-refractivity contribution in [1.82, 2.24) is 0 Å². The smallest absolute Gasteiger partial charge is 0.144 e. The molecule has 0 saturated heterocycles. The van der Waals surface area contributed by atoms with E-state index in [1.165, 1.54) is 24.2 Å². The molecule has 2 fully saturated rings. The highest BCUT2D eigenvalue weighted by Crippen LogP contribution is 2.66. The first-order valence-corrected chi connectivity index (χ1v) is 10.3. The molecule has 0 aromatic heterocycles. The van der Waals surface area contributed by atoms with E-state index in [9.17, 15) is 4.79 Å². The third kappa shape index (κ3) is 2.32. The van der Waals surface area contributed by atoms with Gasteiger partial charge in [-0.2, -0.15) is 0 Å². The fourth-order valence-electron chi connectivity index (χ4n) is 6.99. The van der Waals surface area contributed by atoms with Gasteiger partial charge in [-0.15, -0.1) is 0 Å². The van der Waals surface area contributed by atoms with Crippen molar-refractivity contribution in [3.05, 3.63) is 23.5 Å². The topological polar surface area (TPSA) is 26.3 Å². The number of ketones is 1. The minimum atomic E-state index is -0.131. The monoisotopic (exact) mass is 342 g/mol. The van der Waals surface area contributed by atoms with Crippen LogP contribution in [0, 0.1) is 34.0 Å². The number of hydrogen-bond donors (Lipinski definition) is 0. The SMILES string of the molecule is CCOC1=CC2=CC[C@@H]3[C@H](CC[C@]4(C)C(=O)C(C)(C)C[C@@H]34)[C@@]2(C)CC1. The maximum Gasteiger partial charge on any atom is 0.144 e. The van der Waals surface area contributed by atoms with E-state index in [0.29, 0.717) is 17.6 Å².